The van der Waals surface area contributed by atoms with E-state index in [9.17, 15) is 0 Å². The molecule has 0 aliphatic carbocycles. The first-order chi connectivity index (χ1) is 8.41. The summed E-state index contributed by atoms with van der Waals surface area (Å²) in [5.41, 5.74) is 6.61. The van der Waals surface area contributed by atoms with Crippen LogP contribution in [0, 0.1) is 0 Å². The monoisotopic (exact) mass is 258 g/mol. The summed E-state index contributed by atoms with van der Waals surface area (Å²) in [6.07, 6.45) is 11.4. The van der Waals surface area contributed by atoms with Crippen LogP contribution in [-0.4, -0.2) is 31.6 Å². The van der Waals surface area contributed by atoms with Crippen molar-refractivity contribution in [2.75, 3.05) is 21.1 Å². The molecule has 112 valence electrons. The van der Waals surface area contributed by atoms with E-state index in [1.807, 2.05) is 26.0 Å². The van der Waals surface area contributed by atoms with E-state index in [-0.39, 0.29) is 5.54 Å². The highest BCUT2D eigenvalue weighted by Crippen LogP contribution is 2.24. The van der Waals surface area contributed by atoms with E-state index in [4.69, 9.17) is 5.73 Å². The molecule has 0 amide bonds. The van der Waals surface area contributed by atoms with Gasteiger partial charge in [-0.05, 0) is 40.4 Å². The predicted molar refractivity (Wildman–Crippen MR) is 85.1 cm³/mol. The fourth-order valence-corrected chi connectivity index (χ4v) is 1.96. The molecule has 0 saturated carbocycles. The van der Waals surface area contributed by atoms with Crippen molar-refractivity contribution in [2.24, 2.45) is 5.73 Å². The lowest BCUT2D eigenvalue weighted by Gasteiger charge is -2.29. The third-order valence-electron chi connectivity index (χ3n) is 3.08. The lowest BCUT2D eigenvalue weighted by atomic mass is 9.84. The van der Waals surface area contributed by atoms with Crippen molar-refractivity contribution in [3.63, 3.8) is 0 Å². The average Bonchev–Trinajstić information content (AvgIpc) is 2.31. The number of rotatable bonds is 9. The van der Waals surface area contributed by atoms with Crippen LogP contribution < -0.4 is 5.73 Å². The summed E-state index contributed by atoms with van der Waals surface area (Å²) in [5.74, 6) is 0. The Labute approximate surface area is 116 Å². The molecule has 18 heavy (non-hydrogen) atoms. The first-order valence-corrected chi connectivity index (χ1v) is 7.81. The van der Waals surface area contributed by atoms with Gasteiger partial charge in [-0.2, -0.15) is 0 Å². The second-order valence-electron chi connectivity index (χ2n) is 6.01. The van der Waals surface area contributed by atoms with E-state index in [0.29, 0.717) is 0 Å². The maximum absolute atomic E-state index is 6.46. The minimum atomic E-state index is 0.155. The van der Waals surface area contributed by atoms with Crippen LogP contribution in [0.4, 0.5) is 0 Å². The Morgan fingerprint density at radius 1 is 0.722 bits per heavy atom. The minimum Gasteiger partial charge on any atom is -0.325 e. The lowest BCUT2D eigenvalue weighted by Crippen LogP contribution is -2.39. The quantitative estimate of drug-likeness (QED) is 0.663. The summed E-state index contributed by atoms with van der Waals surface area (Å²) < 4.78 is 0. The van der Waals surface area contributed by atoms with Gasteiger partial charge < -0.3 is 10.6 Å². The van der Waals surface area contributed by atoms with Gasteiger partial charge in [-0.25, -0.2) is 0 Å². The van der Waals surface area contributed by atoms with E-state index in [2.05, 4.69) is 20.8 Å². The summed E-state index contributed by atoms with van der Waals surface area (Å²) in [6, 6.07) is 0. The Morgan fingerprint density at radius 3 is 1.11 bits per heavy atom. The van der Waals surface area contributed by atoms with Crippen LogP contribution in [0.15, 0.2) is 0 Å². The van der Waals surface area contributed by atoms with E-state index < -0.39 is 0 Å². The fraction of sp³-hybridized carbons (Fsp3) is 1.00. The molecule has 0 atom stereocenters. The van der Waals surface area contributed by atoms with Crippen LogP contribution >= 0.6 is 0 Å². The fourth-order valence-electron chi connectivity index (χ4n) is 1.96. The highest BCUT2D eigenvalue weighted by molar-refractivity contribution is 4.83. The minimum absolute atomic E-state index is 0.155. The second kappa shape index (κ2) is 13.4. The highest BCUT2D eigenvalue weighted by Gasteiger charge is 2.22. The van der Waals surface area contributed by atoms with Crippen molar-refractivity contribution in [3.8, 4) is 0 Å². The standard InChI is InChI=1S/C13H29N.C3H9N/c1-4-7-10-13(14,11-8-5-2)12-9-6-3;1-4(2)3/h4-12,14H2,1-3H3;1-3H3. The molecule has 0 heterocycles. The van der Waals surface area contributed by atoms with Crippen molar-refractivity contribution in [1.29, 1.82) is 0 Å². The van der Waals surface area contributed by atoms with Gasteiger partial charge in [-0.1, -0.05) is 59.3 Å². The Kier molecular flexibility index (Phi) is 15.0. The molecule has 0 aliphatic heterocycles. The largest absolute Gasteiger partial charge is 0.325 e. The molecule has 0 fully saturated rings. The highest BCUT2D eigenvalue weighted by atomic mass is 15.0. The zero-order chi connectivity index (χ0) is 14.4. The first kappa shape index (κ1) is 20.2. The van der Waals surface area contributed by atoms with Crippen molar-refractivity contribution in [1.82, 2.24) is 4.90 Å². The molecule has 2 N–H and O–H groups in total. The van der Waals surface area contributed by atoms with Crippen LogP contribution in [0.1, 0.15) is 78.6 Å². The van der Waals surface area contributed by atoms with Crippen LogP contribution in [0.25, 0.3) is 0 Å². The molecule has 0 aliphatic rings. The summed E-state index contributed by atoms with van der Waals surface area (Å²) >= 11 is 0. The van der Waals surface area contributed by atoms with Crippen LogP contribution in [0.5, 0.6) is 0 Å². The number of hydrogen-bond acceptors (Lipinski definition) is 2. The first-order valence-electron chi connectivity index (χ1n) is 7.81. The third-order valence-corrected chi connectivity index (χ3v) is 3.08. The predicted octanol–water partition coefficient (Wildman–Crippen LogP) is 4.43. The molecule has 0 saturated heterocycles. The van der Waals surface area contributed by atoms with Gasteiger partial charge in [-0.3, -0.25) is 0 Å². The molecule has 0 aromatic heterocycles. The Hall–Kier alpha value is -0.0800. The SMILES string of the molecule is CCCCC(N)(CCCC)CCCC.CN(C)C. The van der Waals surface area contributed by atoms with Gasteiger partial charge in [-0.15, -0.1) is 0 Å². The van der Waals surface area contributed by atoms with E-state index in [1.54, 1.807) is 0 Å². The topological polar surface area (TPSA) is 29.3 Å². The third kappa shape index (κ3) is 15.9. The lowest BCUT2D eigenvalue weighted by molar-refractivity contribution is 0.313. The molecule has 2 heteroatoms. The van der Waals surface area contributed by atoms with E-state index in [0.717, 1.165) is 0 Å². The number of nitrogens with two attached hydrogens (primary N) is 1. The Bertz CT molecular complexity index is 131. The molecule has 0 radical (unpaired) electrons. The normalized spacial score (nSPS) is 11.3. The number of unbranched alkanes of at least 4 members (excludes halogenated alkanes) is 3. The van der Waals surface area contributed by atoms with Crippen molar-refractivity contribution >= 4 is 0 Å². The number of nitrogens with zero attached hydrogens (tertiary/aromatic N) is 1. The zero-order valence-electron chi connectivity index (χ0n) is 13.9. The van der Waals surface area contributed by atoms with Crippen molar-refractivity contribution < 1.29 is 0 Å². The molecule has 0 aromatic carbocycles. The Balaban J connectivity index is 0. The zero-order valence-corrected chi connectivity index (χ0v) is 13.9. The van der Waals surface area contributed by atoms with Gasteiger partial charge in [0, 0.05) is 5.54 Å². The second-order valence-corrected chi connectivity index (χ2v) is 6.01. The van der Waals surface area contributed by atoms with Gasteiger partial charge >= 0.3 is 0 Å². The maximum Gasteiger partial charge on any atom is 0.0154 e. The summed E-state index contributed by atoms with van der Waals surface area (Å²) in [5, 5.41) is 0. The average molecular weight is 258 g/mol. The van der Waals surface area contributed by atoms with Gasteiger partial charge in [0.2, 0.25) is 0 Å². The Morgan fingerprint density at radius 2 is 0.944 bits per heavy atom. The van der Waals surface area contributed by atoms with E-state index in [1.165, 1.54) is 57.8 Å². The molecule has 0 unspecified atom stereocenters. The van der Waals surface area contributed by atoms with Gasteiger partial charge in [0.05, 0.1) is 0 Å². The molecular weight excluding hydrogens is 220 g/mol. The van der Waals surface area contributed by atoms with Crippen molar-refractivity contribution in [3.05, 3.63) is 0 Å². The summed E-state index contributed by atoms with van der Waals surface area (Å²) in [4.78, 5) is 2.00. The summed E-state index contributed by atoms with van der Waals surface area (Å²) in [6.45, 7) is 6.75. The molecule has 0 rings (SSSR count). The van der Waals surface area contributed by atoms with Crippen LogP contribution in [0.3, 0.4) is 0 Å². The number of hydrogen-bond donors (Lipinski definition) is 1. The molecule has 0 aromatic rings. The van der Waals surface area contributed by atoms with Crippen LogP contribution in [-0.2, 0) is 0 Å². The smallest absolute Gasteiger partial charge is 0.0154 e. The summed E-state index contributed by atoms with van der Waals surface area (Å²) in [7, 11) is 6.00. The van der Waals surface area contributed by atoms with Gasteiger partial charge in [0.25, 0.3) is 0 Å². The van der Waals surface area contributed by atoms with Gasteiger partial charge in [0.15, 0.2) is 0 Å². The maximum atomic E-state index is 6.46. The van der Waals surface area contributed by atoms with Crippen molar-refractivity contribution in [2.45, 2.75) is 84.1 Å². The molecular formula is C16H38N2. The molecule has 0 spiro atoms. The molecule has 2 nitrogen and oxygen atoms in total. The van der Waals surface area contributed by atoms with E-state index >= 15 is 0 Å². The molecule has 0 bridgehead atoms. The van der Waals surface area contributed by atoms with Gasteiger partial charge in [0.1, 0.15) is 0 Å². The van der Waals surface area contributed by atoms with Crippen LogP contribution in [0.2, 0.25) is 0 Å².